The highest BCUT2D eigenvalue weighted by Crippen LogP contribution is 2.29. The third kappa shape index (κ3) is 5.69. The summed E-state index contributed by atoms with van der Waals surface area (Å²) in [6.45, 7) is 1.32. The first kappa shape index (κ1) is 24.1. The van der Waals surface area contributed by atoms with Crippen LogP contribution in [0.25, 0.3) is 0 Å². The van der Waals surface area contributed by atoms with E-state index in [-0.39, 0.29) is 35.9 Å². The molecule has 182 valence electrons. The Labute approximate surface area is 196 Å². The number of nitrogens with one attached hydrogen (secondary N) is 2. The molecule has 0 radical (unpaired) electrons. The van der Waals surface area contributed by atoms with Crippen LogP contribution in [-0.2, 0) is 22.3 Å². The first-order chi connectivity index (χ1) is 16.4. The van der Waals surface area contributed by atoms with Gasteiger partial charge in [-0.05, 0) is 36.2 Å². The minimum atomic E-state index is -0.747. The van der Waals surface area contributed by atoms with E-state index < -0.39 is 17.8 Å². The number of carbonyl (C=O) groups excluding carboxylic acids is 2. The third-order valence-electron chi connectivity index (χ3n) is 5.86. The summed E-state index contributed by atoms with van der Waals surface area (Å²) < 4.78 is 30.5. The van der Waals surface area contributed by atoms with E-state index in [4.69, 9.17) is 14.2 Å². The average Bonchev–Trinajstić information content (AvgIpc) is 3.22. The first-order valence-corrected chi connectivity index (χ1v) is 11.2. The number of hydrogen-bond acceptors (Lipinski definition) is 7. The zero-order valence-corrected chi connectivity index (χ0v) is 18.9. The van der Waals surface area contributed by atoms with Crippen LogP contribution in [0.15, 0.2) is 30.3 Å². The number of amides is 2. The SMILES string of the molecule is COCCNC(=O)c1ccc(CC2Cc3nc(C(=O)N[C@H]4CCOC[C@@H]4O)ccc3O2)cc1F. The molecule has 2 aromatic rings. The Hall–Kier alpha value is -3.08. The van der Waals surface area contributed by atoms with Crippen molar-refractivity contribution in [3.63, 3.8) is 0 Å². The molecule has 2 aliphatic rings. The molecule has 3 N–H and O–H groups in total. The van der Waals surface area contributed by atoms with Crippen molar-refractivity contribution < 1.29 is 33.3 Å². The average molecular weight is 474 g/mol. The normalized spacial score (nSPS) is 21.4. The zero-order valence-electron chi connectivity index (χ0n) is 18.9. The monoisotopic (exact) mass is 473 g/mol. The highest BCUT2D eigenvalue weighted by Gasteiger charge is 2.29. The van der Waals surface area contributed by atoms with Gasteiger partial charge in [-0.3, -0.25) is 9.59 Å². The topological polar surface area (TPSA) is 119 Å². The summed E-state index contributed by atoms with van der Waals surface area (Å²) in [6.07, 6.45) is 0.418. The van der Waals surface area contributed by atoms with E-state index >= 15 is 0 Å². The number of benzene rings is 1. The van der Waals surface area contributed by atoms with E-state index in [1.54, 1.807) is 18.2 Å². The second-order valence-electron chi connectivity index (χ2n) is 8.36. The second kappa shape index (κ2) is 10.9. The van der Waals surface area contributed by atoms with Crippen LogP contribution in [0.3, 0.4) is 0 Å². The van der Waals surface area contributed by atoms with Crippen LogP contribution in [0.4, 0.5) is 4.39 Å². The van der Waals surface area contributed by atoms with Gasteiger partial charge in [-0.2, -0.15) is 0 Å². The number of ether oxygens (including phenoxy) is 3. The number of rotatable bonds is 8. The largest absolute Gasteiger partial charge is 0.488 e. The van der Waals surface area contributed by atoms with Gasteiger partial charge in [-0.25, -0.2) is 9.37 Å². The molecule has 10 heteroatoms. The lowest BCUT2D eigenvalue weighted by molar-refractivity contribution is -0.0261. The van der Waals surface area contributed by atoms with Crippen molar-refractivity contribution in [3.05, 3.63) is 58.7 Å². The van der Waals surface area contributed by atoms with E-state index in [1.165, 1.54) is 19.2 Å². The Morgan fingerprint density at radius 1 is 1.26 bits per heavy atom. The summed E-state index contributed by atoms with van der Waals surface area (Å²) in [7, 11) is 1.52. The standard InChI is InChI=1S/C24H28FN3O6/c1-32-9-7-26-23(30)16-3-2-14(11-17(16)25)10-15-12-20-22(34-15)5-4-19(27-20)24(31)28-18-6-8-33-13-21(18)29/h2-5,11,15,18,21,29H,6-10,12-13H2,1H3,(H,26,30)(H,28,31)/t15?,18-,21-/m0/s1. The molecule has 0 saturated carbocycles. The molecular weight excluding hydrogens is 445 g/mol. The molecule has 1 aromatic heterocycles. The molecule has 0 spiro atoms. The molecular formula is C24H28FN3O6. The van der Waals surface area contributed by atoms with Crippen molar-refractivity contribution in [2.45, 2.75) is 37.5 Å². The molecule has 3 heterocycles. The van der Waals surface area contributed by atoms with Gasteiger partial charge >= 0.3 is 0 Å². The number of carbonyl (C=O) groups is 2. The molecule has 1 unspecified atom stereocenters. The summed E-state index contributed by atoms with van der Waals surface area (Å²) in [5, 5.41) is 15.4. The Morgan fingerprint density at radius 2 is 2.12 bits per heavy atom. The molecule has 34 heavy (non-hydrogen) atoms. The molecule has 1 saturated heterocycles. The van der Waals surface area contributed by atoms with Crippen LogP contribution in [0, 0.1) is 5.82 Å². The van der Waals surface area contributed by atoms with E-state index in [2.05, 4.69) is 15.6 Å². The highest BCUT2D eigenvalue weighted by atomic mass is 19.1. The number of pyridine rings is 1. The van der Waals surface area contributed by atoms with Gasteiger partial charge in [0.1, 0.15) is 23.4 Å². The Morgan fingerprint density at radius 3 is 2.88 bits per heavy atom. The Balaban J connectivity index is 1.35. The van der Waals surface area contributed by atoms with Crippen LogP contribution >= 0.6 is 0 Å². The van der Waals surface area contributed by atoms with Crippen LogP contribution in [0.1, 0.15) is 38.5 Å². The molecule has 1 aromatic carbocycles. The van der Waals surface area contributed by atoms with Gasteiger partial charge in [0, 0.05) is 33.1 Å². The maximum atomic E-state index is 14.5. The van der Waals surface area contributed by atoms with E-state index in [1.807, 2.05) is 0 Å². The number of aliphatic hydroxyl groups is 1. The lowest BCUT2D eigenvalue weighted by Gasteiger charge is -2.28. The number of methoxy groups -OCH3 is 1. The zero-order chi connectivity index (χ0) is 24.1. The van der Waals surface area contributed by atoms with Crippen LogP contribution < -0.4 is 15.4 Å². The molecule has 9 nitrogen and oxygen atoms in total. The number of fused-ring (bicyclic) bond motifs is 1. The lowest BCUT2D eigenvalue weighted by atomic mass is 10.0. The van der Waals surface area contributed by atoms with Gasteiger partial charge in [0.15, 0.2) is 0 Å². The molecule has 1 fully saturated rings. The molecule has 0 bridgehead atoms. The van der Waals surface area contributed by atoms with Crippen molar-refractivity contribution >= 4 is 11.8 Å². The number of aromatic nitrogens is 1. The van der Waals surface area contributed by atoms with Crippen molar-refractivity contribution in [1.82, 2.24) is 15.6 Å². The summed E-state index contributed by atoms with van der Waals surface area (Å²) in [6, 6.07) is 7.40. The van der Waals surface area contributed by atoms with Crippen molar-refractivity contribution in [1.29, 1.82) is 0 Å². The number of nitrogens with zero attached hydrogens (tertiary/aromatic N) is 1. The van der Waals surface area contributed by atoms with Gasteiger partial charge < -0.3 is 30.0 Å². The fraction of sp³-hybridized carbons (Fsp3) is 0.458. The van der Waals surface area contributed by atoms with Crippen LogP contribution in [0.5, 0.6) is 5.75 Å². The van der Waals surface area contributed by atoms with Gasteiger partial charge in [0.25, 0.3) is 11.8 Å². The van der Waals surface area contributed by atoms with Crippen LogP contribution in [-0.4, -0.2) is 73.6 Å². The third-order valence-corrected chi connectivity index (χ3v) is 5.86. The first-order valence-electron chi connectivity index (χ1n) is 11.2. The minimum Gasteiger partial charge on any atom is -0.488 e. The molecule has 2 aliphatic heterocycles. The predicted molar refractivity (Wildman–Crippen MR) is 119 cm³/mol. The van der Waals surface area contributed by atoms with Crippen molar-refractivity contribution in [2.24, 2.45) is 0 Å². The summed E-state index contributed by atoms with van der Waals surface area (Å²) in [5.41, 5.74) is 1.56. The Bertz CT molecular complexity index is 1050. The Kier molecular flexibility index (Phi) is 7.71. The molecule has 3 atom stereocenters. The predicted octanol–water partition coefficient (Wildman–Crippen LogP) is 1.02. The van der Waals surface area contributed by atoms with E-state index in [0.29, 0.717) is 56.0 Å². The van der Waals surface area contributed by atoms with Gasteiger partial charge in [0.05, 0.1) is 36.6 Å². The van der Waals surface area contributed by atoms with Crippen molar-refractivity contribution in [2.75, 3.05) is 33.5 Å². The number of halogens is 1. The van der Waals surface area contributed by atoms with Gasteiger partial charge in [-0.15, -0.1) is 0 Å². The highest BCUT2D eigenvalue weighted by molar-refractivity contribution is 5.94. The summed E-state index contributed by atoms with van der Waals surface area (Å²) >= 11 is 0. The fourth-order valence-electron chi connectivity index (χ4n) is 4.05. The molecule has 2 amide bonds. The summed E-state index contributed by atoms with van der Waals surface area (Å²) in [4.78, 5) is 29.1. The van der Waals surface area contributed by atoms with E-state index in [9.17, 15) is 19.1 Å². The summed E-state index contributed by atoms with van der Waals surface area (Å²) in [5.74, 6) is -0.870. The quantitative estimate of drug-likeness (QED) is 0.490. The maximum Gasteiger partial charge on any atom is 0.270 e. The van der Waals surface area contributed by atoms with E-state index in [0.717, 1.165) is 0 Å². The second-order valence-corrected chi connectivity index (χ2v) is 8.36. The van der Waals surface area contributed by atoms with Gasteiger partial charge in [-0.1, -0.05) is 6.07 Å². The lowest BCUT2D eigenvalue weighted by Crippen LogP contribution is -2.48. The molecule has 4 rings (SSSR count). The maximum absolute atomic E-state index is 14.5. The van der Waals surface area contributed by atoms with Crippen molar-refractivity contribution in [3.8, 4) is 5.75 Å². The molecule has 0 aliphatic carbocycles. The smallest absolute Gasteiger partial charge is 0.270 e. The number of hydrogen-bond donors (Lipinski definition) is 3. The fourth-order valence-corrected chi connectivity index (χ4v) is 4.05. The number of aliphatic hydroxyl groups excluding tert-OH is 1. The van der Waals surface area contributed by atoms with Gasteiger partial charge in [0.2, 0.25) is 0 Å². The van der Waals surface area contributed by atoms with Crippen LogP contribution in [0.2, 0.25) is 0 Å². The minimum absolute atomic E-state index is 0.0255.